The fourth-order valence-corrected chi connectivity index (χ4v) is 4.49. The monoisotopic (exact) mass is 440 g/mol. The number of aryl methyl sites for hydroxylation is 1. The number of rotatable bonds is 8. The molecule has 0 aliphatic carbocycles. The van der Waals surface area contributed by atoms with Crippen LogP contribution in [0.15, 0.2) is 71.2 Å². The van der Waals surface area contributed by atoms with Crippen molar-refractivity contribution in [3.05, 3.63) is 92.1 Å². The number of halogens is 1. The van der Waals surface area contributed by atoms with Gasteiger partial charge in [0.15, 0.2) is 5.78 Å². The van der Waals surface area contributed by atoms with Crippen LogP contribution in [0.3, 0.4) is 0 Å². The highest BCUT2D eigenvalue weighted by molar-refractivity contribution is 9.10. The van der Waals surface area contributed by atoms with Crippen molar-refractivity contribution in [3.63, 3.8) is 0 Å². The minimum atomic E-state index is 0.0347. The molecule has 0 atom stereocenters. The van der Waals surface area contributed by atoms with Crippen LogP contribution >= 0.6 is 27.3 Å². The van der Waals surface area contributed by atoms with E-state index < -0.39 is 0 Å². The zero-order chi connectivity index (χ0) is 19.1. The lowest BCUT2D eigenvalue weighted by Crippen LogP contribution is -1.94. The summed E-state index contributed by atoms with van der Waals surface area (Å²) in [6.07, 6.45) is 5.54. The van der Waals surface area contributed by atoms with Crippen molar-refractivity contribution in [1.82, 2.24) is 0 Å². The van der Waals surface area contributed by atoms with E-state index in [0.717, 1.165) is 39.1 Å². The normalized spacial score (nSPS) is 11.0. The van der Waals surface area contributed by atoms with Crippen LogP contribution in [0.25, 0.3) is 6.08 Å². The Morgan fingerprint density at radius 3 is 2.56 bits per heavy atom. The highest BCUT2D eigenvalue weighted by atomic mass is 79.9. The largest absolute Gasteiger partial charge is 0.489 e. The van der Waals surface area contributed by atoms with E-state index in [1.165, 1.54) is 4.88 Å². The molecule has 4 heteroatoms. The summed E-state index contributed by atoms with van der Waals surface area (Å²) in [7, 11) is 0. The Morgan fingerprint density at radius 1 is 1.11 bits per heavy atom. The first-order valence-electron chi connectivity index (χ1n) is 8.93. The average Bonchev–Trinajstić information content (AvgIpc) is 3.07. The Kier molecular flexibility index (Phi) is 7.02. The summed E-state index contributed by atoms with van der Waals surface area (Å²) in [5.74, 6) is 0.848. The highest BCUT2D eigenvalue weighted by Gasteiger charge is 2.10. The van der Waals surface area contributed by atoms with Gasteiger partial charge in [-0.3, -0.25) is 4.79 Å². The van der Waals surface area contributed by atoms with E-state index in [4.69, 9.17) is 4.74 Å². The lowest BCUT2D eigenvalue weighted by atomic mass is 10.2. The van der Waals surface area contributed by atoms with Crippen LogP contribution in [0.5, 0.6) is 5.75 Å². The molecule has 0 saturated heterocycles. The van der Waals surface area contributed by atoms with E-state index in [0.29, 0.717) is 6.61 Å². The molecule has 0 amide bonds. The smallest absolute Gasteiger partial charge is 0.195 e. The molecule has 27 heavy (non-hydrogen) atoms. The van der Waals surface area contributed by atoms with Crippen LogP contribution in [0, 0.1) is 0 Å². The molecule has 0 unspecified atom stereocenters. The molecule has 2 nitrogen and oxygen atoms in total. The number of allylic oxidation sites excluding steroid dienone is 1. The first-order chi connectivity index (χ1) is 13.2. The molecule has 0 fully saturated rings. The van der Waals surface area contributed by atoms with Crippen LogP contribution in [-0.2, 0) is 13.0 Å². The van der Waals surface area contributed by atoms with Crippen LogP contribution in [0.4, 0.5) is 0 Å². The topological polar surface area (TPSA) is 26.3 Å². The van der Waals surface area contributed by atoms with E-state index in [1.54, 1.807) is 17.4 Å². The van der Waals surface area contributed by atoms with Crippen LogP contribution in [0.2, 0.25) is 0 Å². The summed E-state index contributed by atoms with van der Waals surface area (Å²) in [4.78, 5) is 14.4. The van der Waals surface area contributed by atoms with Crippen molar-refractivity contribution < 1.29 is 9.53 Å². The SMILES string of the molecule is CCCc1sc(C(=O)/C=C/c2ccc(OCc3ccccc3)cc2)cc1Br. The predicted octanol–water partition coefficient (Wildman–Crippen LogP) is 6.94. The fourth-order valence-electron chi connectivity index (χ4n) is 2.60. The van der Waals surface area contributed by atoms with Crippen molar-refractivity contribution in [1.29, 1.82) is 0 Å². The molecule has 0 spiro atoms. The third-order valence-electron chi connectivity index (χ3n) is 4.03. The molecule has 0 N–H and O–H groups in total. The van der Waals surface area contributed by atoms with Gasteiger partial charge in [-0.1, -0.05) is 61.9 Å². The Balaban J connectivity index is 1.58. The third kappa shape index (κ3) is 5.65. The van der Waals surface area contributed by atoms with Crippen molar-refractivity contribution >= 4 is 39.1 Å². The van der Waals surface area contributed by atoms with Gasteiger partial charge in [0, 0.05) is 9.35 Å². The minimum absolute atomic E-state index is 0.0347. The lowest BCUT2D eigenvalue weighted by molar-refractivity contribution is 0.105. The number of carbonyl (C=O) groups is 1. The van der Waals surface area contributed by atoms with Crippen LogP contribution in [0.1, 0.15) is 39.0 Å². The quantitative estimate of drug-likeness (QED) is 0.280. The van der Waals surface area contributed by atoms with Gasteiger partial charge in [-0.05, 0) is 57.8 Å². The summed E-state index contributed by atoms with van der Waals surface area (Å²) in [5, 5.41) is 0. The molecule has 0 aliphatic rings. The molecule has 1 heterocycles. The zero-order valence-corrected chi connectivity index (χ0v) is 17.6. The molecule has 3 aromatic rings. The molecule has 0 radical (unpaired) electrons. The van der Waals surface area contributed by atoms with Crippen molar-refractivity contribution in [2.75, 3.05) is 0 Å². The number of benzene rings is 2. The number of ketones is 1. The summed E-state index contributed by atoms with van der Waals surface area (Å²) in [5.41, 5.74) is 2.11. The third-order valence-corrected chi connectivity index (χ3v) is 6.21. The zero-order valence-electron chi connectivity index (χ0n) is 15.2. The van der Waals surface area contributed by atoms with Gasteiger partial charge in [-0.25, -0.2) is 0 Å². The lowest BCUT2D eigenvalue weighted by Gasteiger charge is -2.06. The van der Waals surface area contributed by atoms with E-state index in [1.807, 2.05) is 66.7 Å². The Hall–Kier alpha value is -2.17. The molecule has 0 saturated carbocycles. The summed E-state index contributed by atoms with van der Waals surface area (Å²) in [6, 6.07) is 19.8. The first kappa shape index (κ1) is 19.6. The molecular formula is C23H21BrO2S. The van der Waals surface area contributed by atoms with E-state index >= 15 is 0 Å². The number of hydrogen-bond donors (Lipinski definition) is 0. The van der Waals surface area contributed by atoms with Gasteiger partial charge in [0.25, 0.3) is 0 Å². The molecule has 0 bridgehead atoms. The Bertz CT molecular complexity index is 911. The molecule has 0 aliphatic heterocycles. The van der Waals surface area contributed by atoms with Gasteiger partial charge in [0.1, 0.15) is 12.4 Å². The standard InChI is InChI=1S/C23H21BrO2S/c1-2-6-22-20(24)15-23(27-22)21(25)14-11-17-9-12-19(13-10-17)26-16-18-7-4-3-5-8-18/h3-5,7-15H,2,6,16H2,1H3/b14-11+. The van der Waals surface area contributed by atoms with E-state index in [2.05, 4.69) is 22.9 Å². The molecule has 3 rings (SSSR count). The second-order valence-electron chi connectivity index (χ2n) is 6.17. The van der Waals surface area contributed by atoms with Gasteiger partial charge in [-0.2, -0.15) is 0 Å². The maximum Gasteiger partial charge on any atom is 0.195 e. The summed E-state index contributed by atoms with van der Waals surface area (Å²) < 4.78 is 6.82. The first-order valence-corrected chi connectivity index (χ1v) is 10.5. The van der Waals surface area contributed by atoms with Crippen LogP contribution < -0.4 is 4.74 Å². The maximum absolute atomic E-state index is 12.4. The summed E-state index contributed by atoms with van der Waals surface area (Å²) >= 11 is 5.11. The summed E-state index contributed by atoms with van der Waals surface area (Å²) in [6.45, 7) is 2.68. The van der Waals surface area contributed by atoms with Gasteiger partial charge < -0.3 is 4.74 Å². The number of carbonyl (C=O) groups excluding carboxylic acids is 1. The molecule has 138 valence electrons. The average molecular weight is 441 g/mol. The van der Waals surface area contributed by atoms with Crippen molar-refractivity contribution in [2.24, 2.45) is 0 Å². The van der Waals surface area contributed by atoms with Crippen molar-refractivity contribution in [3.8, 4) is 5.75 Å². The van der Waals surface area contributed by atoms with E-state index in [9.17, 15) is 4.79 Å². The van der Waals surface area contributed by atoms with E-state index in [-0.39, 0.29) is 5.78 Å². The fraction of sp³-hybridized carbons (Fsp3) is 0.174. The van der Waals surface area contributed by atoms with Gasteiger partial charge in [0.05, 0.1) is 4.88 Å². The molecule has 2 aromatic carbocycles. The number of thiophene rings is 1. The number of hydrogen-bond acceptors (Lipinski definition) is 3. The van der Waals surface area contributed by atoms with Crippen LogP contribution in [-0.4, -0.2) is 5.78 Å². The molecular weight excluding hydrogens is 420 g/mol. The maximum atomic E-state index is 12.4. The van der Waals surface area contributed by atoms with Crippen molar-refractivity contribution in [2.45, 2.75) is 26.4 Å². The molecule has 1 aromatic heterocycles. The Morgan fingerprint density at radius 2 is 1.85 bits per heavy atom. The Labute approximate surface area is 172 Å². The van der Waals surface area contributed by atoms with Gasteiger partial charge >= 0.3 is 0 Å². The second-order valence-corrected chi connectivity index (χ2v) is 8.16. The predicted molar refractivity (Wildman–Crippen MR) is 117 cm³/mol. The highest BCUT2D eigenvalue weighted by Crippen LogP contribution is 2.29. The van der Waals surface area contributed by atoms with Gasteiger partial charge in [-0.15, -0.1) is 11.3 Å². The minimum Gasteiger partial charge on any atom is -0.489 e. The van der Waals surface area contributed by atoms with Gasteiger partial charge in [0.2, 0.25) is 0 Å². The second kappa shape index (κ2) is 9.67. The number of ether oxygens (including phenoxy) is 1.